The number of carbonyl (C=O) groups is 1. The summed E-state index contributed by atoms with van der Waals surface area (Å²) in [4.78, 5) is 13.9. The van der Waals surface area contributed by atoms with Crippen LogP contribution in [0.15, 0.2) is 29.4 Å². The highest BCUT2D eigenvalue weighted by molar-refractivity contribution is 7.99. The van der Waals surface area contributed by atoms with Crippen molar-refractivity contribution in [2.24, 2.45) is 18.9 Å². The van der Waals surface area contributed by atoms with Gasteiger partial charge >= 0.3 is 0 Å². The number of nitriles is 1. The van der Waals surface area contributed by atoms with Crippen molar-refractivity contribution in [2.75, 3.05) is 17.7 Å². The molecule has 9 heteroatoms. The molecule has 2 aromatic heterocycles. The average molecular weight is 496 g/mol. The third-order valence-corrected chi connectivity index (χ3v) is 7.93. The number of anilines is 1. The molecule has 7 nitrogen and oxygen atoms in total. The number of thiophene rings is 1. The molecular formula is C25H29N5O2S2. The van der Waals surface area contributed by atoms with Gasteiger partial charge in [0.1, 0.15) is 16.8 Å². The molecule has 1 N–H and O–H groups in total. The molecule has 4 rings (SSSR count). The molecule has 0 fully saturated rings. The first kappa shape index (κ1) is 24.3. The zero-order valence-corrected chi connectivity index (χ0v) is 21.6. The van der Waals surface area contributed by atoms with Crippen LogP contribution >= 0.6 is 23.1 Å². The lowest BCUT2D eigenvalue weighted by Crippen LogP contribution is -2.14. The van der Waals surface area contributed by atoms with Crippen molar-refractivity contribution in [3.63, 3.8) is 0 Å². The molecule has 0 saturated carbocycles. The van der Waals surface area contributed by atoms with E-state index in [9.17, 15) is 10.1 Å². The van der Waals surface area contributed by atoms with Crippen LogP contribution in [-0.2, 0) is 24.7 Å². The Kier molecular flexibility index (Phi) is 7.59. The highest BCUT2D eigenvalue weighted by atomic mass is 32.2. The van der Waals surface area contributed by atoms with E-state index in [1.165, 1.54) is 16.6 Å². The third-order valence-electron chi connectivity index (χ3n) is 5.74. The lowest BCUT2D eigenvalue weighted by Gasteiger charge is -2.17. The number of nitrogens with zero attached hydrogens (tertiary/aromatic N) is 4. The summed E-state index contributed by atoms with van der Waals surface area (Å²) in [5, 5.41) is 22.5. The third kappa shape index (κ3) is 5.45. The molecule has 2 heterocycles. The van der Waals surface area contributed by atoms with Crippen LogP contribution in [0.1, 0.15) is 43.2 Å². The second-order valence-electron chi connectivity index (χ2n) is 9.10. The smallest absolute Gasteiger partial charge is 0.235 e. The summed E-state index contributed by atoms with van der Waals surface area (Å²) in [7, 11) is 1.89. The fourth-order valence-electron chi connectivity index (χ4n) is 3.91. The van der Waals surface area contributed by atoms with Crippen molar-refractivity contribution in [3.8, 4) is 23.2 Å². The van der Waals surface area contributed by atoms with Gasteiger partial charge in [-0.1, -0.05) is 32.5 Å². The van der Waals surface area contributed by atoms with Crippen LogP contribution in [0.5, 0.6) is 5.75 Å². The highest BCUT2D eigenvalue weighted by Crippen LogP contribution is 2.39. The van der Waals surface area contributed by atoms with E-state index >= 15 is 0 Å². The number of amides is 1. The first-order valence-corrected chi connectivity index (χ1v) is 13.3. The van der Waals surface area contributed by atoms with Gasteiger partial charge in [-0.05, 0) is 60.9 Å². The van der Waals surface area contributed by atoms with E-state index in [2.05, 4.69) is 42.4 Å². The molecular weight excluding hydrogens is 466 g/mol. The van der Waals surface area contributed by atoms with E-state index in [1.807, 2.05) is 35.9 Å². The van der Waals surface area contributed by atoms with Crippen LogP contribution in [0.2, 0.25) is 0 Å². The van der Waals surface area contributed by atoms with Crippen LogP contribution in [-0.4, -0.2) is 33.0 Å². The molecule has 0 bridgehead atoms. The van der Waals surface area contributed by atoms with Gasteiger partial charge in [-0.2, -0.15) is 5.26 Å². The van der Waals surface area contributed by atoms with Gasteiger partial charge in [-0.25, -0.2) is 0 Å². The maximum atomic E-state index is 12.7. The molecule has 178 valence electrons. The summed E-state index contributed by atoms with van der Waals surface area (Å²) in [5.41, 5.74) is 2.68. The Balaban J connectivity index is 1.38. The van der Waals surface area contributed by atoms with Gasteiger partial charge in [0.25, 0.3) is 0 Å². The second-order valence-corrected chi connectivity index (χ2v) is 11.1. The van der Waals surface area contributed by atoms with Crippen molar-refractivity contribution in [1.29, 1.82) is 5.26 Å². The Labute approximate surface area is 208 Å². The normalized spacial score (nSPS) is 15.1. The number of aromatic nitrogens is 3. The zero-order valence-electron chi connectivity index (χ0n) is 19.9. The largest absolute Gasteiger partial charge is 0.493 e. The number of ether oxygens (including phenoxy) is 1. The SMILES string of the molecule is CC(C)COc1ccc(-c2nnc(SCC(=O)Nc3sc4c(c3C#N)CCC(C)C4)n2C)cc1. The van der Waals surface area contributed by atoms with Gasteiger partial charge in [0.05, 0.1) is 17.9 Å². The lowest BCUT2D eigenvalue weighted by atomic mass is 9.89. The number of hydrogen-bond donors (Lipinski definition) is 1. The van der Waals surface area contributed by atoms with Crippen molar-refractivity contribution in [2.45, 2.75) is 45.2 Å². The zero-order chi connectivity index (χ0) is 24.2. The summed E-state index contributed by atoms with van der Waals surface area (Å²) >= 11 is 2.87. The van der Waals surface area contributed by atoms with Crippen LogP contribution in [0.3, 0.4) is 0 Å². The van der Waals surface area contributed by atoms with Gasteiger partial charge in [0.15, 0.2) is 11.0 Å². The van der Waals surface area contributed by atoms with Gasteiger partial charge in [0, 0.05) is 17.5 Å². The molecule has 0 spiro atoms. The average Bonchev–Trinajstić information content (AvgIpc) is 3.35. The fraction of sp³-hybridized carbons (Fsp3) is 0.440. The van der Waals surface area contributed by atoms with E-state index in [0.29, 0.717) is 34.2 Å². The molecule has 1 amide bonds. The van der Waals surface area contributed by atoms with Crippen molar-refractivity contribution >= 4 is 34.0 Å². The highest BCUT2D eigenvalue weighted by Gasteiger charge is 2.25. The number of fused-ring (bicyclic) bond motifs is 1. The number of hydrogen-bond acceptors (Lipinski definition) is 7. The van der Waals surface area contributed by atoms with Gasteiger partial charge in [-0.15, -0.1) is 21.5 Å². The van der Waals surface area contributed by atoms with Gasteiger partial charge in [0.2, 0.25) is 5.91 Å². The summed E-state index contributed by atoms with van der Waals surface area (Å²) in [5.74, 6) is 2.68. The molecule has 1 atom stereocenters. The molecule has 0 radical (unpaired) electrons. The van der Waals surface area contributed by atoms with Crippen LogP contribution in [0.25, 0.3) is 11.4 Å². The monoisotopic (exact) mass is 495 g/mol. The maximum absolute atomic E-state index is 12.7. The number of carbonyl (C=O) groups excluding carboxylic acids is 1. The van der Waals surface area contributed by atoms with Gasteiger partial charge < -0.3 is 14.6 Å². The van der Waals surface area contributed by atoms with E-state index < -0.39 is 0 Å². The van der Waals surface area contributed by atoms with Crippen molar-refractivity contribution in [1.82, 2.24) is 14.8 Å². The summed E-state index contributed by atoms with van der Waals surface area (Å²) in [6.07, 6.45) is 2.97. The standard InChI is InChI=1S/C25H29N5O2S2/c1-15(2)13-32-18-8-6-17(7-9-18)23-28-29-25(30(23)4)33-14-22(31)27-24-20(12-26)19-10-5-16(3)11-21(19)34-24/h6-9,15-16H,5,10-11,13-14H2,1-4H3,(H,27,31). The van der Waals surface area contributed by atoms with E-state index in [4.69, 9.17) is 4.74 Å². The Hall–Kier alpha value is -2.83. The first-order chi connectivity index (χ1) is 16.4. The molecule has 1 aliphatic rings. The summed E-state index contributed by atoms with van der Waals surface area (Å²) in [6, 6.07) is 10.1. The van der Waals surface area contributed by atoms with Crippen LogP contribution < -0.4 is 10.1 Å². The maximum Gasteiger partial charge on any atom is 0.235 e. The predicted octanol–water partition coefficient (Wildman–Crippen LogP) is 5.31. The Morgan fingerprint density at radius 2 is 2.12 bits per heavy atom. The Morgan fingerprint density at radius 3 is 2.82 bits per heavy atom. The van der Waals surface area contributed by atoms with Crippen molar-refractivity contribution in [3.05, 3.63) is 40.3 Å². The minimum absolute atomic E-state index is 0.149. The van der Waals surface area contributed by atoms with Crippen LogP contribution in [0, 0.1) is 23.2 Å². The molecule has 0 aliphatic heterocycles. The van der Waals surface area contributed by atoms with E-state index in [1.54, 1.807) is 11.3 Å². The molecule has 1 aliphatic carbocycles. The minimum atomic E-state index is -0.149. The second kappa shape index (κ2) is 10.6. The lowest BCUT2D eigenvalue weighted by molar-refractivity contribution is -0.113. The number of thioether (sulfide) groups is 1. The summed E-state index contributed by atoms with van der Waals surface area (Å²) in [6.45, 7) is 7.14. The topological polar surface area (TPSA) is 92.8 Å². The molecule has 1 unspecified atom stereocenters. The molecule has 3 aromatic rings. The number of benzene rings is 1. The molecule has 34 heavy (non-hydrogen) atoms. The van der Waals surface area contributed by atoms with E-state index in [0.717, 1.165) is 42.0 Å². The fourth-order valence-corrected chi connectivity index (χ4v) is 5.99. The first-order valence-electron chi connectivity index (χ1n) is 11.5. The van der Waals surface area contributed by atoms with E-state index in [-0.39, 0.29) is 11.7 Å². The molecule has 0 saturated heterocycles. The quantitative estimate of drug-likeness (QED) is 0.426. The van der Waals surface area contributed by atoms with Crippen LogP contribution in [0.4, 0.5) is 5.00 Å². The van der Waals surface area contributed by atoms with Gasteiger partial charge in [-0.3, -0.25) is 4.79 Å². The number of nitrogens with one attached hydrogen (secondary N) is 1. The Bertz CT molecular complexity index is 1210. The summed E-state index contributed by atoms with van der Waals surface area (Å²) < 4.78 is 7.63. The van der Waals surface area contributed by atoms with Crippen molar-refractivity contribution < 1.29 is 9.53 Å². The minimum Gasteiger partial charge on any atom is -0.493 e. The molecule has 1 aromatic carbocycles. The predicted molar refractivity (Wildman–Crippen MR) is 136 cm³/mol. The number of rotatable bonds is 8. The Morgan fingerprint density at radius 1 is 1.35 bits per heavy atom.